The molecule has 0 bridgehead atoms. The summed E-state index contributed by atoms with van der Waals surface area (Å²) in [5.41, 5.74) is 1.24. The van der Waals surface area contributed by atoms with Crippen molar-refractivity contribution in [2.24, 2.45) is 0 Å². The number of carboxylic acid groups (broad SMARTS) is 1. The summed E-state index contributed by atoms with van der Waals surface area (Å²) in [5.74, 6) is -0.962. The van der Waals surface area contributed by atoms with E-state index in [9.17, 15) is 14.7 Å². The van der Waals surface area contributed by atoms with Crippen molar-refractivity contribution in [3.05, 3.63) is 59.4 Å². The molecule has 0 aromatic heterocycles. The van der Waals surface area contributed by atoms with E-state index in [4.69, 9.17) is 9.47 Å². The van der Waals surface area contributed by atoms with Crippen LogP contribution in [0.3, 0.4) is 0 Å². The summed E-state index contributed by atoms with van der Waals surface area (Å²) < 4.78 is 11.8. The van der Waals surface area contributed by atoms with Gasteiger partial charge in [-0.25, -0.2) is 0 Å². The van der Waals surface area contributed by atoms with Crippen LogP contribution in [0.15, 0.2) is 53.8 Å². The van der Waals surface area contributed by atoms with Gasteiger partial charge in [0.1, 0.15) is 5.76 Å². The van der Waals surface area contributed by atoms with Crippen LogP contribution in [0.4, 0.5) is 0 Å². The van der Waals surface area contributed by atoms with Crippen LogP contribution in [-0.4, -0.2) is 29.8 Å². The van der Waals surface area contributed by atoms with Gasteiger partial charge in [0, 0.05) is 24.3 Å². The molecule has 2 aliphatic rings. The summed E-state index contributed by atoms with van der Waals surface area (Å²) in [6, 6.07) is 14.1. The molecule has 1 fully saturated rings. The zero-order valence-electron chi connectivity index (χ0n) is 15.0. The molecule has 0 radical (unpaired) electrons. The molecule has 1 aliphatic carbocycles. The van der Waals surface area contributed by atoms with E-state index in [-0.39, 0.29) is 30.1 Å². The van der Waals surface area contributed by atoms with Crippen molar-refractivity contribution in [2.75, 3.05) is 6.61 Å². The van der Waals surface area contributed by atoms with Crippen LogP contribution in [0, 0.1) is 0 Å². The maximum atomic E-state index is 12.6. The zero-order chi connectivity index (χ0) is 18.8. The lowest BCUT2D eigenvalue weighted by Gasteiger charge is -2.27. The fraction of sp³-hybridized carbons (Fsp3) is 0.364. The molecule has 5 heteroatoms. The SMILES string of the molecule is O=C(O)CC1=C(OC2CCCCO2)[C@@H](c2ccc3ccccc3c2)CC1=O. The number of hydrogen-bond donors (Lipinski definition) is 1. The number of ketones is 1. The third-order valence-electron chi connectivity index (χ3n) is 5.24. The monoisotopic (exact) mass is 366 g/mol. The van der Waals surface area contributed by atoms with Crippen LogP contribution in [0.2, 0.25) is 0 Å². The van der Waals surface area contributed by atoms with Crippen molar-refractivity contribution >= 4 is 22.5 Å². The van der Waals surface area contributed by atoms with Crippen molar-refractivity contribution in [1.82, 2.24) is 0 Å². The molecule has 2 aromatic carbocycles. The highest BCUT2D eigenvalue weighted by molar-refractivity contribution is 6.03. The lowest BCUT2D eigenvalue weighted by Crippen LogP contribution is -2.23. The average Bonchev–Trinajstić information content (AvgIpc) is 2.97. The maximum absolute atomic E-state index is 12.6. The Morgan fingerprint density at radius 3 is 2.70 bits per heavy atom. The van der Waals surface area contributed by atoms with E-state index in [1.165, 1.54) is 0 Å². The van der Waals surface area contributed by atoms with Crippen LogP contribution in [0.5, 0.6) is 0 Å². The Hall–Kier alpha value is -2.66. The minimum absolute atomic E-state index is 0.152. The molecule has 2 atom stereocenters. The summed E-state index contributed by atoms with van der Waals surface area (Å²) in [6.45, 7) is 0.626. The normalized spacial score (nSPS) is 23.0. The predicted molar refractivity (Wildman–Crippen MR) is 100 cm³/mol. The number of ether oxygens (including phenoxy) is 2. The Morgan fingerprint density at radius 1 is 1.15 bits per heavy atom. The van der Waals surface area contributed by atoms with Crippen molar-refractivity contribution in [1.29, 1.82) is 0 Å². The highest BCUT2D eigenvalue weighted by Crippen LogP contribution is 2.41. The van der Waals surface area contributed by atoms with Gasteiger partial charge in [-0.15, -0.1) is 0 Å². The first kappa shape index (κ1) is 17.7. The topological polar surface area (TPSA) is 72.8 Å². The van der Waals surface area contributed by atoms with Crippen molar-refractivity contribution in [3.63, 3.8) is 0 Å². The number of aliphatic carboxylic acids is 1. The average molecular weight is 366 g/mol. The second-order valence-corrected chi connectivity index (χ2v) is 7.11. The Morgan fingerprint density at radius 2 is 1.96 bits per heavy atom. The van der Waals surface area contributed by atoms with Crippen molar-refractivity contribution in [3.8, 4) is 0 Å². The van der Waals surface area contributed by atoms with E-state index in [0.717, 1.165) is 35.6 Å². The first-order valence-corrected chi connectivity index (χ1v) is 9.37. The van der Waals surface area contributed by atoms with Gasteiger partial charge < -0.3 is 14.6 Å². The number of carbonyl (C=O) groups is 2. The van der Waals surface area contributed by atoms with Gasteiger partial charge in [0.2, 0.25) is 0 Å². The van der Waals surface area contributed by atoms with Gasteiger partial charge in [0.15, 0.2) is 12.1 Å². The summed E-state index contributed by atoms with van der Waals surface area (Å²) in [5, 5.41) is 11.4. The number of carbonyl (C=O) groups excluding carboxylic acids is 1. The number of hydrogen-bond acceptors (Lipinski definition) is 4. The van der Waals surface area contributed by atoms with E-state index >= 15 is 0 Å². The molecule has 1 heterocycles. The second kappa shape index (κ2) is 7.53. The van der Waals surface area contributed by atoms with E-state index in [0.29, 0.717) is 12.4 Å². The van der Waals surface area contributed by atoms with Gasteiger partial charge in [-0.3, -0.25) is 9.59 Å². The molecule has 140 valence electrons. The highest BCUT2D eigenvalue weighted by atomic mass is 16.7. The molecule has 1 aliphatic heterocycles. The van der Waals surface area contributed by atoms with Gasteiger partial charge >= 0.3 is 5.97 Å². The lowest BCUT2D eigenvalue weighted by atomic mass is 9.94. The third kappa shape index (κ3) is 3.74. The molecule has 2 aromatic rings. The van der Waals surface area contributed by atoms with Crippen LogP contribution < -0.4 is 0 Å². The van der Waals surface area contributed by atoms with Gasteiger partial charge in [0.05, 0.1) is 13.0 Å². The first-order chi connectivity index (χ1) is 13.1. The number of Topliss-reactive ketones (excluding diaryl/α,β-unsaturated/α-hetero) is 1. The van der Waals surface area contributed by atoms with E-state index in [2.05, 4.69) is 6.07 Å². The molecule has 0 spiro atoms. The number of carboxylic acids is 1. The number of benzene rings is 2. The molecular weight excluding hydrogens is 344 g/mol. The first-order valence-electron chi connectivity index (χ1n) is 9.37. The summed E-state index contributed by atoms with van der Waals surface area (Å²) in [4.78, 5) is 23.9. The van der Waals surface area contributed by atoms with Crippen LogP contribution in [0.1, 0.15) is 43.6 Å². The number of fused-ring (bicyclic) bond motifs is 1. The van der Waals surface area contributed by atoms with Gasteiger partial charge in [0.25, 0.3) is 0 Å². The van der Waals surface area contributed by atoms with Gasteiger partial charge in [-0.2, -0.15) is 0 Å². The Labute approximate surface area is 157 Å². The summed E-state index contributed by atoms with van der Waals surface area (Å²) in [6.07, 6.45) is 2.26. The van der Waals surface area contributed by atoms with E-state index < -0.39 is 12.3 Å². The van der Waals surface area contributed by atoms with E-state index in [1.807, 2.05) is 36.4 Å². The maximum Gasteiger partial charge on any atom is 0.308 e. The summed E-state index contributed by atoms with van der Waals surface area (Å²) in [7, 11) is 0. The Kier molecular flexibility index (Phi) is 4.94. The predicted octanol–water partition coefficient (Wildman–Crippen LogP) is 4.17. The Balaban J connectivity index is 1.71. The van der Waals surface area contributed by atoms with Gasteiger partial charge in [-0.1, -0.05) is 42.5 Å². The largest absolute Gasteiger partial charge is 0.481 e. The van der Waals surface area contributed by atoms with Crippen LogP contribution in [0.25, 0.3) is 10.8 Å². The molecule has 1 unspecified atom stereocenters. The van der Waals surface area contributed by atoms with Crippen LogP contribution >= 0.6 is 0 Å². The zero-order valence-corrected chi connectivity index (χ0v) is 15.0. The van der Waals surface area contributed by atoms with Crippen molar-refractivity contribution in [2.45, 2.75) is 44.3 Å². The summed E-state index contributed by atoms with van der Waals surface area (Å²) >= 11 is 0. The van der Waals surface area contributed by atoms with Gasteiger partial charge in [-0.05, 0) is 29.2 Å². The molecule has 5 nitrogen and oxygen atoms in total. The van der Waals surface area contributed by atoms with E-state index in [1.54, 1.807) is 0 Å². The smallest absolute Gasteiger partial charge is 0.308 e. The quantitative estimate of drug-likeness (QED) is 0.860. The fourth-order valence-corrected chi connectivity index (χ4v) is 3.88. The fourth-order valence-electron chi connectivity index (χ4n) is 3.88. The molecule has 4 rings (SSSR count). The standard InChI is InChI=1S/C22H22O5/c23-19-12-17(16-9-8-14-5-1-2-6-15(14)11-16)22(18(19)13-20(24)25)27-21-7-3-4-10-26-21/h1-2,5-6,8-9,11,17,21H,3-4,7,10,12-13H2,(H,24,25)/t17-,21?/m1/s1. The second-order valence-electron chi connectivity index (χ2n) is 7.11. The highest BCUT2D eigenvalue weighted by Gasteiger charge is 2.37. The number of allylic oxidation sites excluding steroid dienone is 1. The minimum atomic E-state index is -1.02. The molecule has 0 amide bonds. The van der Waals surface area contributed by atoms with Crippen molar-refractivity contribution < 1.29 is 24.2 Å². The molecule has 0 saturated carbocycles. The lowest BCUT2D eigenvalue weighted by molar-refractivity contribution is -0.143. The molecule has 27 heavy (non-hydrogen) atoms. The third-order valence-corrected chi connectivity index (χ3v) is 5.24. The number of rotatable bonds is 5. The minimum Gasteiger partial charge on any atom is -0.481 e. The molecule has 1 N–H and O–H groups in total. The molecule has 1 saturated heterocycles. The Bertz CT molecular complexity index is 908. The molecular formula is C22H22O5. The van der Waals surface area contributed by atoms with Crippen LogP contribution in [-0.2, 0) is 19.1 Å².